The minimum atomic E-state index is -1.52. The zero-order valence-electron chi connectivity index (χ0n) is 29.3. The van der Waals surface area contributed by atoms with E-state index in [2.05, 4.69) is 27.7 Å². The molecule has 0 amide bonds. The van der Waals surface area contributed by atoms with Crippen molar-refractivity contribution in [3.63, 3.8) is 0 Å². The summed E-state index contributed by atoms with van der Waals surface area (Å²) in [6.07, 6.45) is 3.05. The van der Waals surface area contributed by atoms with E-state index in [9.17, 15) is 19.8 Å². The van der Waals surface area contributed by atoms with Gasteiger partial charge in [0, 0.05) is 24.2 Å². The molecule has 264 valence electrons. The van der Waals surface area contributed by atoms with E-state index in [1.807, 2.05) is 12.1 Å². The number of hydrogen-bond acceptors (Lipinski definition) is 8. The molecule has 4 aliphatic carbocycles. The van der Waals surface area contributed by atoms with Gasteiger partial charge >= 0.3 is 11.9 Å². The van der Waals surface area contributed by atoms with Gasteiger partial charge in [-0.3, -0.25) is 0 Å². The van der Waals surface area contributed by atoms with Crippen LogP contribution in [0.5, 0.6) is 0 Å². The zero-order chi connectivity index (χ0) is 34.3. The van der Waals surface area contributed by atoms with Crippen LogP contribution < -0.4 is 0 Å². The molecule has 8 nitrogen and oxygen atoms in total. The number of aliphatic hydroxyl groups excluding tert-OH is 1. The van der Waals surface area contributed by atoms with Crippen LogP contribution in [-0.4, -0.2) is 64.6 Å². The van der Waals surface area contributed by atoms with Crippen LogP contribution in [0.15, 0.2) is 60.7 Å². The summed E-state index contributed by atoms with van der Waals surface area (Å²) in [7, 11) is 0. The Labute approximate surface area is 289 Å². The summed E-state index contributed by atoms with van der Waals surface area (Å²) in [4.78, 5) is 26.8. The van der Waals surface area contributed by atoms with Crippen molar-refractivity contribution < 1.29 is 38.7 Å². The fraction of sp³-hybridized carbons (Fsp3) is 0.659. The molecule has 14 atom stereocenters. The molecule has 1 spiro atoms. The molecule has 2 heterocycles. The van der Waals surface area contributed by atoms with Crippen molar-refractivity contribution in [2.75, 3.05) is 6.61 Å². The van der Waals surface area contributed by atoms with Gasteiger partial charge in [-0.25, -0.2) is 9.59 Å². The molecule has 4 saturated carbocycles. The summed E-state index contributed by atoms with van der Waals surface area (Å²) in [5, 5.41) is 24.7. The standard InChI is InChI=1S/C41H52O8/c1-24-15-18-41(46-23-24)25(2)35-31(49-41)20-30-28-19-34(42)40(45)22-33(48-37(44)27-13-9-6-10-14-27)32(47-36(43)26-11-7-5-8-12-26)21-39(40,4)29(28)16-17-38(30,35)3/h5-14,24-25,28-35,42,45H,15-23H2,1-4H3/t24-,25+,28-,29-,30-,31-,32-,33+,34+,35-,38+,39-,40+,41-/m1/s1. The number of carbonyl (C=O) groups excluding carboxylic acids is 2. The lowest BCUT2D eigenvalue weighted by molar-refractivity contribution is -0.286. The molecule has 8 rings (SSSR count). The molecule has 0 aromatic heterocycles. The fourth-order valence-electron chi connectivity index (χ4n) is 12.1. The Morgan fingerprint density at radius 2 is 1.43 bits per heavy atom. The smallest absolute Gasteiger partial charge is 0.338 e. The molecule has 2 aromatic rings. The molecular formula is C41H52O8. The maximum absolute atomic E-state index is 13.5. The van der Waals surface area contributed by atoms with Gasteiger partial charge in [0.05, 0.1) is 35.5 Å². The first-order valence-electron chi connectivity index (χ1n) is 18.6. The number of benzene rings is 2. The van der Waals surface area contributed by atoms with Crippen LogP contribution >= 0.6 is 0 Å². The van der Waals surface area contributed by atoms with E-state index in [-0.39, 0.29) is 42.1 Å². The Kier molecular flexibility index (Phi) is 8.10. The molecule has 2 aliphatic heterocycles. The zero-order valence-corrected chi connectivity index (χ0v) is 29.3. The third-order valence-corrected chi connectivity index (χ3v) is 14.6. The second-order valence-corrected chi connectivity index (χ2v) is 17.0. The van der Waals surface area contributed by atoms with Crippen molar-refractivity contribution in [3.05, 3.63) is 71.8 Å². The van der Waals surface area contributed by atoms with Crippen LogP contribution in [0.2, 0.25) is 0 Å². The molecule has 0 unspecified atom stereocenters. The monoisotopic (exact) mass is 672 g/mol. The minimum absolute atomic E-state index is 0.00912. The van der Waals surface area contributed by atoms with Crippen LogP contribution in [0.4, 0.5) is 0 Å². The largest absolute Gasteiger partial charge is 0.455 e. The topological polar surface area (TPSA) is 112 Å². The maximum Gasteiger partial charge on any atom is 0.338 e. The van der Waals surface area contributed by atoms with Crippen molar-refractivity contribution in [1.29, 1.82) is 0 Å². The van der Waals surface area contributed by atoms with Gasteiger partial charge in [0.25, 0.3) is 0 Å². The Balaban J connectivity index is 1.08. The molecule has 2 N–H and O–H groups in total. The molecule has 0 bridgehead atoms. The molecule has 2 saturated heterocycles. The van der Waals surface area contributed by atoms with Crippen LogP contribution in [0.3, 0.4) is 0 Å². The SMILES string of the molecule is C[C@@H]1CC[C@@]2(OC1)O[C@@H]1C[C@@H]3[C@@H]4C[C@H](O)[C@@]5(O)C[C@H](OC(=O)c6ccccc6)[C@H](OC(=O)c6ccccc6)C[C@]5(C)[C@@H]4CC[C@]3(C)[C@@H]1[C@@H]2C. The number of esters is 2. The molecule has 2 aromatic carbocycles. The van der Waals surface area contributed by atoms with Gasteiger partial charge in [0.1, 0.15) is 12.2 Å². The van der Waals surface area contributed by atoms with Gasteiger partial charge < -0.3 is 29.2 Å². The van der Waals surface area contributed by atoms with Gasteiger partial charge in [-0.05, 0) is 97.8 Å². The fourth-order valence-corrected chi connectivity index (χ4v) is 12.1. The molecule has 8 heteroatoms. The first-order valence-corrected chi connectivity index (χ1v) is 18.6. The van der Waals surface area contributed by atoms with E-state index in [0.717, 1.165) is 38.7 Å². The average molecular weight is 673 g/mol. The Bertz CT molecular complexity index is 1560. The normalized spacial score (nSPS) is 47.0. The van der Waals surface area contributed by atoms with Crippen molar-refractivity contribution in [2.45, 2.75) is 115 Å². The number of rotatable bonds is 4. The molecular weight excluding hydrogens is 620 g/mol. The minimum Gasteiger partial charge on any atom is -0.455 e. The number of ether oxygens (including phenoxy) is 4. The highest BCUT2D eigenvalue weighted by Crippen LogP contribution is 2.72. The number of fused-ring (bicyclic) bond motifs is 7. The van der Waals surface area contributed by atoms with Crippen LogP contribution in [0.25, 0.3) is 0 Å². The van der Waals surface area contributed by atoms with E-state index in [1.54, 1.807) is 48.5 Å². The Morgan fingerprint density at radius 3 is 2.02 bits per heavy atom. The average Bonchev–Trinajstić information content (AvgIpc) is 3.54. The number of aliphatic hydroxyl groups is 2. The van der Waals surface area contributed by atoms with Gasteiger partial charge in [-0.15, -0.1) is 0 Å². The maximum atomic E-state index is 13.5. The summed E-state index contributed by atoms with van der Waals surface area (Å²) >= 11 is 0. The first-order chi connectivity index (χ1) is 23.4. The van der Waals surface area contributed by atoms with Crippen LogP contribution in [-0.2, 0) is 18.9 Å². The molecule has 49 heavy (non-hydrogen) atoms. The summed E-state index contributed by atoms with van der Waals surface area (Å²) < 4.78 is 25.7. The number of hydrogen-bond donors (Lipinski definition) is 2. The first kappa shape index (κ1) is 33.4. The van der Waals surface area contributed by atoms with Crippen LogP contribution in [0, 0.1) is 46.3 Å². The predicted molar refractivity (Wildman–Crippen MR) is 181 cm³/mol. The summed E-state index contributed by atoms with van der Waals surface area (Å²) in [6, 6.07) is 17.5. The second kappa shape index (κ2) is 11.9. The van der Waals surface area contributed by atoms with E-state index in [4.69, 9.17) is 18.9 Å². The Hall–Kier alpha value is -2.78. The quantitative estimate of drug-likeness (QED) is 0.351. The van der Waals surface area contributed by atoms with E-state index in [0.29, 0.717) is 35.3 Å². The van der Waals surface area contributed by atoms with E-state index < -0.39 is 47.1 Å². The third-order valence-electron chi connectivity index (χ3n) is 14.6. The van der Waals surface area contributed by atoms with Crippen molar-refractivity contribution in [1.82, 2.24) is 0 Å². The Morgan fingerprint density at radius 1 is 0.816 bits per heavy atom. The second-order valence-electron chi connectivity index (χ2n) is 17.0. The molecule has 0 radical (unpaired) electrons. The highest BCUT2D eigenvalue weighted by molar-refractivity contribution is 5.90. The lowest BCUT2D eigenvalue weighted by Crippen LogP contribution is -2.71. The highest BCUT2D eigenvalue weighted by atomic mass is 16.7. The summed E-state index contributed by atoms with van der Waals surface area (Å²) in [5.41, 5.74) is -1.47. The van der Waals surface area contributed by atoms with Gasteiger partial charge in [-0.1, -0.05) is 64.1 Å². The van der Waals surface area contributed by atoms with Crippen molar-refractivity contribution in [3.8, 4) is 0 Å². The van der Waals surface area contributed by atoms with E-state index >= 15 is 0 Å². The summed E-state index contributed by atoms with van der Waals surface area (Å²) in [6.45, 7) is 9.85. The van der Waals surface area contributed by atoms with Crippen molar-refractivity contribution >= 4 is 11.9 Å². The van der Waals surface area contributed by atoms with Crippen molar-refractivity contribution in [2.24, 2.45) is 46.3 Å². The summed E-state index contributed by atoms with van der Waals surface area (Å²) in [5.74, 6) is 0.296. The number of carbonyl (C=O) groups is 2. The molecule has 6 aliphatic rings. The lowest BCUT2D eigenvalue weighted by atomic mass is 9.42. The lowest BCUT2D eigenvalue weighted by Gasteiger charge is -2.66. The third kappa shape index (κ3) is 5.06. The predicted octanol–water partition coefficient (Wildman–Crippen LogP) is 6.58. The van der Waals surface area contributed by atoms with E-state index in [1.165, 1.54) is 0 Å². The highest BCUT2D eigenvalue weighted by Gasteiger charge is 2.73. The van der Waals surface area contributed by atoms with Gasteiger partial charge in [0.15, 0.2) is 5.79 Å². The van der Waals surface area contributed by atoms with Crippen LogP contribution in [0.1, 0.15) is 99.8 Å². The van der Waals surface area contributed by atoms with Gasteiger partial charge in [0.2, 0.25) is 0 Å². The van der Waals surface area contributed by atoms with Gasteiger partial charge in [-0.2, -0.15) is 0 Å². The molecule has 6 fully saturated rings.